The second kappa shape index (κ2) is 8.89. The normalized spacial score (nSPS) is 23.0. The molecular formula is C36H31N3O3. The van der Waals surface area contributed by atoms with Crippen molar-refractivity contribution < 1.29 is 14.7 Å². The highest BCUT2D eigenvalue weighted by atomic mass is 16.4. The highest BCUT2D eigenvalue weighted by Crippen LogP contribution is 2.81. The quantitative estimate of drug-likeness (QED) is 0.218. The molecule has 5 aromatic rings. The van der Waals surface area contributed by atoms with Crippen LogP contribution in [0, 0.1) is 10.8 Å². The van der Waals surface area contributed by atoms with E-state index in [4.69, 9.17) is 5.10 Å². The summed E-state index contributed by atoms with van der Waals surface area (Å²) in [6.45, 7) is 0.541. The van der Waals surface area contributed by atoms with Gasteiger partial charge in [0.05, 0.1) is 29.2 Å². The molecule has 6 heteroatoms. The van der Waals surface area contributed by atoms with Gasteiger partial charge in [0.15, 0.2) is 0 Å². The number of nitrogens with one attached hydrogen (secondary N) is 1. The van der Waals surface area contributed by atoms with E-state index in [1.54, 1.807) is 0 Å². The summed E-state index contributed by atoms with van der Waals surface area (Å²) in [6, 6.07) is 33.0. The van der Waals surface area contributed by atoms with Crippen LogP contribution in [0.4, 0.5) is 0 Å². The van der Waals surface area contributed by atoms with E-state index in [2.05, 4.69) is 59.9 Å². The number of aromatic nitrogens is 2. The van der Waals surface area contributed by atoms with Crippen LogP contribution in [-0.4, -0.2) is 32.3 Å². The molecule has 4 aliphatic carbocycles. The van der Waals surface area contributed by atoms with Crippen LogP contribution >= 0.6 is 0 Å². The van der Waals surface area contributed by atoms with E-state index in [1.165, 1.54) is 5.56 Å². The molecule has 42 heavy (non-hydrogen) atoms. The van der Waals surface area contributed by atoms with E-state index < -0.39 is 11.4 Å². The largest absolute Gasteiger partial charge is 0.481 e. The number of carboxylic acid groups (broad SMARTS) is 1. The molecule has 0 atom stereocenters. The molecule has 1 amide bonds. The van der Waals surface area contributed by atoms with Gasteiger partial charge in [0.2, 0.25) is 0 Å². The van der Waals surface area contributed by atoms with Gasteiger partial charge in [-0.2, -0.15) is 5.10 Å². The van der Waals surface area contributed by atoms with Crippen LogP contribution in [0.1, 0.15) is 48.0 Å². The Balaban J connectivity index is 1.14. The molecule has 2 N–H and O–H groups in total. The molecule has 2 bridgehead atoms. The lowest BCUT2D eigenvalue weighted by molar-refractivity contribution is -0.236. The fourth-order valence-corrected chi connectivity index (χ4v) is 7.65. The van der Waals surface area contributed by atoms with Crippen molar-refractivity contribution in [3.63, 3.8) is 0 Å². The molecule has 0 radical (unpaired) electrons. The van der Waals surface area contributed by atoms with Gasteiger partial charge < -0.3 is 10.4 Å². The summed E-state index contributed by atoms with van der Waals surface area (Å²) in [7, 11) is 0. The summed E-state index contributed by atoms with van der Waals surface area (Å²) in [5.41, 5.74) is 5.94. The van der Waals surface area contributed by atoms with Gasteiger partial charge in [-0.3, -0.25) is 14.3 Å². The Kier molecular flexibility index (Phi) is 5.30. The first-order chi connectivity index (χ1) is 20.4. The Morgan fingerprint density at radius 2 is 1.38 bits per heavy atom. The van der Waals surface area contributed by atoms with Gasteiger partial charge in [-0.25, -0.2) is 0 Å². The average molecular weight is 554 g/mol. The van der Waals surface area contributed by atoms with Gasteiger partial charge in [0.25, 0.3) is 5.91 Å². The van der Waals surface area contributed by atoms with Crippen molar-refractivity contribution in [1.29, 1.82) is 0 Å². The zero-order valence-electron chi connectivity index (χ0n) is 23.2. The van der Waals surface area contributed by atoms with Gasteiger partial charge >= 0.3 is 5.97 Å². The summed E-state index contributed by atoms with van der Waals surface area (Å²) >= 11 is 0. The van der Waals surface area contributed by atoms with Crippen molar-refractivity contribution in [1.82, 2.24) is 15.1 Å². The predicted octanol–water partition coefficient (Wildman–Crippen LogP) is 6.94. The molecule has 0 saturated heterocycles. The SMILES string of the molecule is O=C(NC1(C23CC(C(=O)O)(C2)C3)CC1)c1cc(-c2ccccc2)cc2cnn(Cc3ccc(-c4ccccc4)cc3)c12. The number of aliphatic carboxylic acids is 1. The Morgan fingerprint density at radius 1 is 0.786 bits per heavy atom. The Bertz CT molecular complexity index is 1830. The van der Waals surface area contributed by atoms with Crippen molar-refractivity contribution in [2.24, 2.45) is 10.8 Å². The first kappa shape index (κ1) is 25.0. The minimum atomic E-state index is -0.690. The number of carbonyl (C=O) groups is 2. The van der Waals surface area contributed by atoms with Crippen LogP contribution < -0.4 is 5.32 Å². The number of carboxylic acids is 1. The van der Waals surface area contributed by atoms with Gasteiger partial charge in [0.1, 0.15) is 0 Å². The third-order valence-electron chi connectivity index (χ3n) is 10.1. The van der Waals surface area contributed by atoms with Crippen LogP contribution in [0.5, 0.6) is 0 Å². The van der Waals surface area contributed by atoms with Crippen LogP contribution in [-0.2, 0) is 11.3 Å². The minimum Gasteiger partial charge on any atom is -0.481 e. The van der Waals surface area contributed by atoms with Crippen molar-refractivity contribution in [3.05, 3.63) is 114 Å². The second-order valence-electron chi connectivity index (χ2n) is 12.6. The molecule has 0 aliphatic heterocycles. The molecule has 4 aromatic carbocycles. The summed E-state index contributed by atoms with van der Waals surface area (Å²) in [5, 5.41) is 18.7. The summed E-state index contributed by atoms with van der Waals surface area (Å²) in [5.74, 6) is -0.796. The number of benzene rings is 4. The number of fused-ring (bicyclic) bond motifs is 1. The molecule has 0 spiro atoms. The van der Waals surface area contributed by atoms with E-state index in [0.29, 0.717) is 31.4 Å². The third-order valence-corrected chi connectivity index (χ3v) is 10.1. The number of carbonyl (C=O) groups excluding carboxylic acids is 1. The minimum absolute atomic E-state index is 0.0715. The fraction of sp³-hybridized carbons (Fsp3) is 0.250. The number of amides is 1. The van der Waals surface area contributed by atoms with Crippen LogP contribution in [0.2, 0.25) is 0 Å². The number of nitrogens with zero attached hydrogens (tertiary/aromatic N) is 2. The molecule has 4 saturated carbocycles. The Morgan fingerprint density at radius 3 is 1.98 bits per heavy atom. The number of hydrogen-bond acceptors (Lipinski definition) is 3. The average Bonchev–Trinajstić information content (AvgIpc) is 3.62. The van der Waals surface area contributed by atoms with Crippen molar-refractivity contribution >= 4 is 22.8 Å². The zero-order valence-corrected chi connectivity index (χ0v) is 23.2. The molecule has 1 heterocycles. The maximum absolute atomic E-state index is 14.2. The van der Waals surface area contributed by atoms with Crippen molar-refractivity contribution in [3.8, 4) is 22.3 Å². The molecule has 1 aromatic heterocycles. The van der Waals surface area contributed by atoms with Crippen LogP contribution in [0.3, 0.4) is 0 Å². The lowest BCUT2D eigenvalue weighted by Gasteiger charge is -2.71. The summed E-state index contributed by atoms with van der Waals surface area (Å²) < 4.78 is 1.93. The summed E-state index contributed by atoms with van der Waals surface area (Å²) in [6.07, 6.45) is 5.68. The maximum Gasteiger partial charge on any atom is 0.309 e. The Hall–Kier alpha value is -4.71. The van der Waals surface area contributed by atoms with E-state index in [-0.39, 0.29) is 16.9 Å². The highest BCUT2D eigenvalue weighted by Gasteiger charge is 2.81. The first-order valence-corrected chi connectivity index (χ1v) is 14.6. The first-order valence-electron chi connectivity index (χ1n) is 14.6. The number of rotatable bonds is 8. The molecule has 4 aliphatic rings. The van der Waals surface area contributed by atoms with Gasteiger partial charge in [-0.05, 0) is 77.5 Å². The maximum atomic E-state index is 14.2. The molecule has 0 unspecified atom stereocenters. The fourth-order valence-electron chi connectivity index (χ4n) is 7.65. The lowest BCUT2D eigenvalue weighted by Crippen LogP contribution is -2.73. The number of hydrogen-bond donors (Lipinski definition) is 2. The Labute approximate surface area is 244 Å². The standard InChI is InChI=1S/C36H31N3O3/c40-32(38-36(15-16-36)35-21-34(22-35,23-35)33(41)42)30-18-28(26-9-5-2-6-10-26)17-29-19-37-39(31(29)30)20-24-11-13-27(14-12-24)25-7-3-1-4-8-25/h1-14,17-19H,15-16,20-23H2,(H,38,40)(H,41,42). The monoisotopic (exact) mass is 553 g/mol. The van der Waals surface area contributed by atoms with Crippen molar-refractivity contribution in [2.45, 2.75) is 44.2 Å². The van der Waals surface area contributed by atoms with Gasteiger partial charge in [-0.1, -0.05) is 84.9 Å². The molecule has 9 rings (SSSR count). The van der Waals surface area contributed by atoms with E-state index in [0.717, 1.165) is 46.0 Å². The van der Waals surface area contributed by atoms with E-state index in [9.17, 15) is 14.7 Å². The van der Waals surface area contributed by atoms with Crippen molar-refractivity contribution in [2.75, 3.05) is 0 Å². The highest BCUT2D eigenvalue weighted by molar-refractivity contribution is 6.08. The molecule has 208 valence electrons. The lowest BCUT2D eigenvalue weighted by atomic mass is 9.32. The zero-order chi connectivity index (χ0) is 28.5. The van der Waals surface area contributed by atoms with Gasteiger partial charge in [-0.15, -0.1) is 0 Å². The smallest absolute Gasteiger partial charge is 0.309 e. The summed E-state index contributed by atoms with van der Waals surface area (Å²) in [4.78, 5) is 25.9. The third kappa shape index (κ3) is 3.74. The second-order valence-corrected chi connectivity index (χ2v) is 12.6. The molecule has 6 nitrogen and oxygen atoms in total. The topological polar surface area (TPSA) is 84.2 Å². The van der Waals surface area contributed by atoms with E-state index in [1.807, 2.05) is 53.3 Å². The van der Waals surface area contributed by atoms with Gasteiger partial charge in [0, 0.05) is 10.9 Å². The molecular weight excluding hydrogens is 522 g/mol. The predicted molar refractivity (Wildman–Crippen MR) is 162 cm³/mol. The van der Waals surface area contributed by atoms with Crippen LogP contribution in [0.15, 0.2) is 103 Å². The van der Waals surface area contributed by atoms with Crippen LogP contribution in [0.25, 0.3) is 33.2 Å². The molecule has 4 fully saturated rings. The van der Waals surface area contributed by atoms with E-state index >= 15 is 0 Å².